The van der Waals surface area contributed by atoms with E-state index < -0.39 is 11.2 Å². The van der Waals surface area contributed by atoms with Gasteiger partial charge in [0.05, 0.1) is 17.4 Å². The normalized spacial score (nSPS) is 17.2. The lowest BCUT2D eigenvalue weighted by Crippen LogP contribution is -2.29. The molecule has 2 N–H and O–H groups in total. The van der Waals surface area contributed by atoms with Gasteiger partial charge in [0.2, 0.25) is 0 Å². The first-order valence-corrected chi connectivity index (χ1v) is 9.60. The van der Waals surface area contributed by atoms with Crippen LogP contribution in [0.4, 0.5) is 0 Å². The van der Waals surface area contributed by atoms with Crippen LogP contribution in [0.3, 0.4) is 0 Å². The number of aromatic nitrogens is 3. The highest BCUT2D eigenvalue weighted by atomic mass is 35.5. The number of nitrogens with zero attached hydrogens (tertiary/aromatic N) is 4. The van der Waals surface area contributed by atoms with Gasteiger partial charge >= 0.3 is 0 Å². The zero-order valence-electron chi connectivity index (χ0n) is 17.4. The van der Waals surface area contributed by atoms with Crippen molar-refractivity contribution in [2.45, 2.75) is 46.3 Å². The molecule has 0 spiro atoms. The van der Waals surface area contributed by atoms with Gasteiger partial charge in [-0.15, -0.1) is 0 Å². The van der Waals surface area contributed by atoms with Crippen LogP contribution < -0.4 is 5.56 Å². The summed E-state index contributed by atoms with van der Waals surface area (Å²) < 4.78 is 1.49. The minimum atomic E-state index is -1.17. The zero-order valence-corrected chi connectivity index (χ0v) is 18.1. The second-order valence-electron chi connectivity index (χ2n) is 7.92. The number of allylic oxidation sites excluding steroid dienone is 2. The van der Waals surface area contributed by atoms with E-state index in [2.05, 4.69) is 9.97 Å². The van der Waals surface area contributed by atoms with E-state index in [1.165, 1.54) is 10.6 Å². The van der Waals surface area contributed by atoms with Gasteiger partial charge in [-0.1, -0.05) is 11.6 Å². The standard InChI is InChI=1S/C21H25ClN4O3/c1-11-9-23-20(21(4,5)29)24-18(11)15-8-14(12(2)10-25(15)6)26-13(3)7-16(27)17(22)19(26)28/h7-10,15,27,29H,1-6H3. The van der Waals surface area contributed by atoms with Gasteiger partial charge in [0.25, 0.3) is 5.56 Å². The van der Waals surface area contributed by atoms with Crippen LogP contribution in [0.5, 0.6) is 5.75 Å². The van der Waals surface area contributed by atoms with Crippen molar-refractivity contribution in [3.05, 3.63) is 68.3 Å². The van der Waals surface area contributed by atoms with Crippen LogP contribution in [0.25, 0.3) is 5.70 Å². The number of aliphatic hydroxyl groups is 1. The Balaban J connectivity index is 2.21. The molecule has 0 aromatic carbocycles. The molecular formula is C21H25ClN4O3. The zero-order chi connectivity index (χ0) is 21.7. The fourth-order valence-corrected chi connectivity index (χ4v) is 3.55. The molecular weight excluding hydrogens is 392 g/mol. The molecule has 0 bridgehead atoms. The first kappa shape index (κ1) is 21.1. The van der Waals surface area contributed by atoms with Crippen LogP contribution in [0.15, 0.2) is 34.9 Å². The second kappa shape index (κ2) is 7.31. The number of hydrogen-bond donors (Lipinski definition) is 2. The molecule has 3 rings (SSSR count). The third-order valence-corrected chi connectivity index (χ3v) is 5.30. The topological polar surface area (TPSA) is 91.5 Å². The average molecular weight is 417 g/mol. The van der Waals surface area contributed by atoms with Gasteiger partial charge in [0, 0.05) is 31.2 Å². The Morgan fingerprint density at radius 3 is 2.52 bits per heavy atom. The molecule has 0 fully saturated rings. The van der Waals surface area contributed by atoms with Crippen LogP contribution in [-0.2, 0) is 5.60 Å². The van der Waals surface area contributed by atoms with E-state index in [1.54, 1.807) is 27.0 Å². The molecule has 0 aliphatic carbocycles. The maximum absolute atomic E-state index is 12.8. The van der Waals surface area contributed by atoms with Crippen LogP contribution in [0.2, 0.25) is 5.02 Å². The third-order valence-electron chi connectivity index (χ3n) is 4.95. The fraction of sp³-hybridized carbons (Fsp3) is 0.381. The summed E-state index contributed by atoms with van der Waals surface area (Å²) in [4.78, 5) is 23.6. The molecule has 8 heteroatoms. The molecule has 1 unspecified atom stereocenters. The Labute approximate surface area is 174 Å². The van der Waals surface area contributed by atoms with Gasteiger partial charge in [-0.25, -0.2) is 9.97 Å². The summed E-state index contributed by atoms with van der Waals surface area (Å²) in [6, 6.07) is 1.18. The lowest BCUT2D eigenvalue weighted by molar-refractivity contribution is 0.0681. The number of halogens is 1. The number of rotatable bonds is 3. The first-order valence-electron chi connectivity index (χ1n) is 9.22. The Hall–Kier alpha value is -2.64. The van der Waals surface area contributed by atoms with Gasteiger partial charge in [-0.3, -0.25) is 9.36 Å². The van der Waals surface area contributed by atoms with Gasteiger partial charge in [-0.05, 0) is 51.8 Å². The number of aryl methyl sites for hydroxylation is 2. The van der Waals surface area contributed by atoms with Crippen molar-refractivity contribution in [1.82, 2.24) is 19.4 Å². The summed E-state index contributed by atoms with van der Waals surface area (Å²) in [6.45, 7) is 8.82. The lowest BCUT2D eigenvalue weighted by Gasteiger charge is -2.32. The molecule has 0 saturated carbocycles. The molecule has 1 aliphatic heterocycles. The maximum Gasteiger partial charge on any atom is 0.277 e. The van der Waals surface area contributed by atoms with E-state index in [4.69, 9.17) is 11.6 Å². The summed E-state index contributed by atoms with van der Waals surface area (Å²) >= 11 is 6.01. The molecule has 0 radical (unpaired) electrons. The highest BCUT2D eigenvalue weighted by molar-refractivity contribution is 6.31. The van der Waals surface area contributed by atoms with Crippen molar-refractivity contribution in [1.29, 1.82) is 0 Å². The van der Waals surface area contributed by atoms with E-state index in [1.807, 2.05) is 38.1 Å². The number of likely N-dealkylation sites (N-methyl/N-ethyl adjacent to an activating group) is 1. The predicted molar refractivity (Wildman–Crippen MR) is 113 cm³/mol. The molecule has 2 aromatic heterocycles. The van der Waals surface area contributed by atoms with Crippen LogP contribution >= 0.6 is 11.6 Å². The Bertz CT molecular complexity index is 1100. The highest BCUT2D eigenvalue weighted by Crippen LogP contribution is 2.34. The van der Waals surface area contributed by atoms with E-state index in [9.17, 15) is 15.0 Å². The van der Waals surface area contributed by atoms with Crippen molar-refractivity contribution >= 4 is 17.3 Å². The van der Waals surface area contributed by atoms with Crippen molar-refractivity contribution < 1.29 is 10.2 Å². The lowest BCUT2D eigenvalue weighted by atomic mass is 10.00. The first-order chi connectivity index (χ1) is 13.4. The van der Waals surface area contributed by atoms with Crippen LogP contribution in [-0.4, -0.2) is 36.7 Å². The van der Waals surface area contributed by atoms with Crippen molar-refractivity contribution in [2.75, 3.05) is 7.05 Å². The summed E-state index contributed by atoms with van der Waals surface area (Å²) in [5.74, 6) is 0.0901. The quantitative estimate of drug-likeness (QED) is 0.797. The average Bonchev–Trinajstić information content (AvgIpc) is 2.61. The SMILES string of the molecule is CC1=CN(C)C(c2nc(C(C)(C)O)ncc2C)C=C1n1c(C)cc(O)c(Cl)c1=O. The largest absolute Gasteiger partial charge is 0.506 e. The number of pyridine rings is 1. The van der Waals surface area contributed by atoms with Gasteiger partial charge in [0.15, 0.2) is 5.82 Å². The Morgan fingerprint density at radius 2 is 1.90 bits per heavy atom. The van der Waals surface area contributed by atoms with Gasteiger partial charge < -0.3 is 15.1 Å². The molecule has 7 nitrogen and oxygen atoms in total. The minimum Gasteiger partial charge on any atom is -0.506 e. The Morgan fingerprint density at radius 1 is 1.24 bits per heavy atom. The van der Waals surface area contributed by atoms with Crippen molar-refractivity contribution in [3.8, 4) is 5.75 Å². The van der Waals surface area contributed by atoms with E-state index in [0.29, 0.717) is 17.2 Å². The number of hydrogen-bond acceptors (Lipinski definition) is 6. The van der Waals surface area contributed by atoms with Crippen LogP contribution in [0.1, 0.15) is 49.6 Å². The van der Waals surface area contributed by atoms with E-state index in [0.717, 1.165) is 16.8 Å². The summed E-state index contributed by atoms with van der Waals surface area (Å²) in [5, 5.41) is 20.0. The smallest absolute Gasteiger partial charge is 0.277 e. The van der Waals surface area contributed by atoms with E-state index >= 15 is 0 Å². The maximum atomic E-state index is 12.8. The Kier molecular flexibility index (Phi) is 5.32. The second-order valence-corrected chi connectivity index (χ2v) is 8.30. The predicted octanol–water partition coefficient (Wildman–Crippen LogP) is 3.27. The molecule has 154 valence electrons. The highest BCUT2D eigenvalue weighted by Gasteiger charge is 2.27. The van der Waals surface area contributed by atoms with Gasteiger partial charge in [-0.2, -0.15) is 0 Å². The molecule has 3 heterocycles. The minimum absolute atomic E-state index is 0.220. The third kappa shape index (κ3) is 3.80. The summed E-state index contributed by atoms with van der Waals surface area (Å²) in [6.07, 6.45) is 5.55. The molecule has 2 aromatic rings. The molecule has 1 aliphatic rings. The fourth-order valence-electron chi connectivity index (χ4n) is 3.42. The molecule has 1 atom stereocenters. The van der Waals surface area contributed by atoms with Crippen molar-refractivity contribution in [2.24, 2.45) is 0 Å². The summed E-state index contributed by atoms with van der Waals surface area (Å²) in [7, 11) is 1.92. The molecule has 0 saturated heterocycles. The number of aromatic hydroxyl groups is 1. The molecule has 0 amide bonds. The van der Waals surface area contributed by atoms with Gasteiger partial charge in [0.1, 0.15) is 16.4 Å². The van der Waals surface area contributed by atoms with Crippen LogP contribution in [0, 0.1) is 13.8 Å². The molecule has 29 heavy (non-hydrogen) atoms. The van der Waals surface area contributed by atoms with Crippen molar-refractivity contribution in [3.63, 3.8) is 0 Å². The summed E-state index contributed by atoms with van der Waals surface area (Å²) in [5.41, 5.74) is 2.04. The monoisotopic (exact) mass is 416 g/mol. The van der Waals surface area contributed by atoms with E-state index in [-0.39, 0.29) is 16.8 Å².